The Morgan fingerprint density at radius 2 is 1.92 bits per heavy atom. The molecule has 1 saturated carbocycles. The van der Waals surface area contributed by atoms with E-state index in [2.05, 4.69) is 20.4 Å². The summed E-state index contributed by atoms with van der Waals surface area (Å²) in [6.07, 6.45) is 9.65. The van der Waals surface area contributed by atoms with Crippen molar-refractivity contribution in [2.45, 2.75) is 76.3 Å². The number of nitrogens with zero attached hydrogens (tertiary/aromatic N) is 3. The zero-order valence-corrected chi connectivity index (χ0v) is 16.1. The molecule has 1 atom stereocenters. The molecule has 0 aromatic carbocycles. The molecule has 2 fully saturated rings. The van der Waals surface area contributed by atoms with Crippen molar-refractivity contribution in [2.24, 2.45) is 0 Å². The molecular weight excluding hydrogens is 332 g/mol. The van der Waals surface area contributed by atoms with Crippen LogP contribution in [0, 0.1) is 0 Å². The van der Waals surface area contributed by atoms with Gasteiger partial charge in [-0.2, -0.15) is 4.98 Å². The number of carbonyl (C=O) groups excluding carboxylic acids is 1. The highest BCUT2D eigenvalue weighted by Gasteiger charge is 2.45. The van der Waals surface area contributed by atoms with E-state index in [9.17, 15) is 4.79 Å². The first-order valence-electron chi connectivity index (χ1n) is 10.0. The summed E-state index contributed by atoms with van der Waals surface area (Å²) in [4.78, 5) is 20.2. The number of likely N-dealkylation sites (tertiary alicyclic amines) is 1. The number of carbonyl (C=O) groups is 1. The van der Waals surface area contributed by atoms with Crippen LogP contribution in [0.15, 0.2) is 4.52 Å². The van der Waals surface area contributed by atoms with Gasteiger partial charge in [-0.25, -0.2) is 0 Å². The summed E-state index contributed by atoms with van der Waals surface area (Å²) >= 11 is 0. The van der Waals surface area contributed by atoms with Crippen LogP contribution < -0.4 is 5.32 Å². The Bertz CT molecular complexity index is 577. The van der Waals surface area contributed by atoms with E-state index in [0.717, 1.165) is 38.8 Å². The number of nitrogens with one attached hydrogen (secondary N) is 1. The number of hydrogen-bond donors (Lipinski definition) is 1. The Morgan fingerprint density at radius 3 is 2.62 bits per heavy atom. The first-order chi connectivity index (χ1) is 12.7. The molecule has 0 spiro atoms. The van der Waals surface area contributed by atoms with Crippen molar-refractivity contribution in [1.29, 1.82) is 0 Å². The maximum atomic E-state index is 13.3. The fourth-order valence-electron chi connectivity index (χ4n) is 4.28. The Hall–Kier alpha value is -1.47. The van der Waals surface area contributed by atoms with Crippen molar-refractivity contribution >= 4 is 5.91 Å². The highest BCUT2D eigenvalue weighted by Crippen LogP contribution is 2.36. The predicted octanol–water partition coefficient (Wildman–Crippen LogP) is 2.62. The standard InChI is InChI=1S/C19H32N4O3/c1-15(17-21-16(22-26-17)9-14-25-2)20-18(24)19(10-5-3-6-11-19)23-12-7-4-8-13-23/h15H,3-14H2,1-2H3,(H,20,24)/t15-/m0/s1. The highest BCUT2D eigenvalue weighted by molar-refractivity contribution is 5.86. The molecule has 2 heterocycles. The van der Waals surface area contributed by atoms with E-state index in [-0.39, 0.29) is 17.5 Å². The lowest BCUT2D eigenvalue weighted by atomic mass is 9.78. The van der Waals surface area contributed by atoms with Crippen molar-refractivity contribution in [3.8, 4) is 0 Å². The van der Waals surface area contributed by atoms with Crippen LogP contribution in [0.3, 0.4) is 0 Å². The van der Waals surface area contributed by atoms with Gasteiger partial charge in [-0.05, 0) is 45.7 Å². The fraction of sp³-hybridized carbons (Fsp3) is 0.842. The van der Waals surface area contributed by atoms with E-state index in [1.807, 2.05) is 6.92 Å². The maximum absolute atomic E-state index is 13.3. The van der Waals surface area contributed by atoms with E-state index in [1.165, 1.54) is 25.7 Å². The van der Waals surface area contributed by atoms with E-state index >= 15 is 0 Å². The molecule has 1 saturated heterocycles. The van der Waals surface area contributed by atoms with Gasteiger partial charge in [0.05, 0.1) is 6.61 Å². The van der Waals surface area contributed by atoms with Crippen molar-refractivity contribution in [3.05, 3.63) is 11.7 Å². The van der Waals surface area contributed by atoms with Crippen LogP contribution >= 0.6 is 0 Å². The Morgan fingerprint density at radius 1 is 1.23 bits per heavy atom. The van der Waals surface area contributed by atoms with Gasteiger partial charge in [-0.3, -0.25) is 9.69 Å². The average Bonchev–Trinajstić information content (AvgIpc) is 3.16. The molecule has 1 aliphatic heterocycles. The van der Waals surface area contributed by atoms with Crippen molar-refractivity contribution in [2.75, 3.05) is 26.8 Å². The number of amides is 1. The van der Waals surface area contributed by atoms with Crippen molar-refractivity contribution in [1.82, 2.24) is 20.4 Å². The molecule has 0 unspecified atom stereocenters. The Balaban J connectivity index is 1.67. The molecule has 0 radical (unpaired) electrons. The van der Waals surface area contributed by atoms with Gasteiger partial charge >= 0.3 is 0 Å². The van der Waals surface area contributed by atoms with Crippen LogP contribution in [0.5, 0.6) is 0 Å². The SMILES string of the molecule is COCCc1noc([C@H](C)NC(=O)C2(N3CCCCC3)CCCCC2)n1. The number of rotatable bonds is 7. The van der Waals surface area contributed by atoms with E-state index < -0.39 is 0 Å². The van der Waals surface area contributed by atoms with E-state index in [4.69, 9.17) is 9.26 Å². The number of ether oxygens (including phenoxy) is 1. The van der Waals surface area contributed by atoms with Gasteiger partial charge in [-0.15, -0.1) is 0 Å². The smallest absolute Gasteiger partial charge is 0.248 e. The third-order valence-corrected chi connectivity index (χ3v) is 5.80. The van der Waals surface area contributed by atoms with Gasteiger partial charge in [0.15, 0.2) is 5.82 Å². The van der Waals surface area contributed by atoms with Gasteiger partial charge in [0.25, 0.3) is 0 Å². The first kappa shape index (κ1) is 19.3. The molecule has 1 aromatic rings. The second-order valence-electron chi connectivity index (χ2n) is 7.63. The van der Waals surface area contributed by atoms with E-state index in [1.54, 1.807) is 7.11 Å². The monoisotopic (exact) mass is 364 g/mol. The summed E-state index contributed by atoms with van der Waals surface area (Å²) in [7, 11) is 1.65. The third-order valence-electron chi connectivity index (χ3n) is 5.80. The number of methoxy groups -OCH3 is 1. The quantitative estimate of drug-likeness (QED) is 0.801. The minimum absolute atomic E-state index is 0.128. The van der Waals surface area contributed by atoms with Crippen molar-refractivity contribution in [3.63, 3.8) is 0 Å². The van der Waals surface area contributed by atoms with Crippen LogP contribution in [0.4, 0.5) is 0 Å². The number of aromatic nitrogens is 2. The molecule has 2 aliphatic rings. The van der Waals surface area contributed by atoms with Gasteiger partial charge in [-0.1, -0.05) is 30.8 Å². The lowest BCUT2D eigenvalue weighted by Crippen LogP contribution is -2.61. The predicted molar refractivity (Wildman–Crippen MR) is 97.7 cm³/mol. The summed E-state index contributed by atoms with van der Waals surface area (Å²) in [6, 6.07) is -0.283. The van der Waals surface area contributed by atoms with Crippen LogP contribution in [-0.4, -0.2) is 53.3 Å². The zero-order valence-electron chi connectivity index (χ0n) is 16.1. The largest absolute Gasteiger partial charge is 0.384 e. The molecular formula is C19H32N4O3. The van der Waals surface area contributed by atoms with Crippen LogP contribution in [0.25, 0.3) is 0 Å². The molecule has 1 aliphatic carbocycles. The molecule has 1 aromatic heterocycles. The lowest BCUT2D eigenvalue weighted by molar-refractivity contribution is -0.138. The van der Waals surface area contributed by atoms with Gasteiger partial charge in [0, 0.05) is 13.5 Å². The van der Waals surface area contributed by atoms with E-state index in [0.29, 0.717) is 24.7 Å². The fourth-order valence-corrected chi connectivity index (χ4v) is 4.28. The normalized spacial score (nSPS) is 22.1. The summed E-state index contributed by atoms with van der Waals surface area (Å²) < 4.78 is 10.4. The van der Waals surface area contributed by atoms with Gasteiger partial charge in [0.1, 0.15) is 11.6 Å². The molecule has 1 N–H and O–H groups in total. The molecule has 3 rings (SSSR count). The average molecular weight is 364 g/mol. The van der Waals surface area contributed by atoms with Crippen LogP contribution in [-0.2, 0) is 16.0 Å². The number of hydrogen-bond acceptors (Lipinski definition) is 6. The zero-order chi connectivity index (χ0) is 18.4. The van der Waals surface area contributed by atoms with Crippen LogP contribution in [0.2, 0.25) is 0 Å². The summed E-state index contributed by atoms with van der Waals surface area (Å²) in [5, 5.41) is 7.14. The first-order valence-corrected chi connectivity index (χ1v) is 10.0. The topological polar surface area (TPSA) is 80.5 Å². The second kappa shape index (κ2) is 8.95. The summed E-state index contributed by atoms with van der Waals surface area (Å²) in [5.41, 5.74) is -0.355. The maximum Gasteiger partial charge on any atom is 0.248 e. The highest BCUT2D eigenvalue weighted by atomic mass is 16.5. The molecule has 26 heavy (non-hydrogen) atoms. The molecule has 146 valence electrons. The molecule has 0 bridgehead atoms. The summed E-state index contributed by atoms with van der Waals surface area (Å²) in [5.74, 6) is 1.21. The Kier molecular flexibility index (Phi) is 6.64. The third kappa shape index (κ3) is 4.26. The molecule has 7 heteroatoms. The molecule has 7 nitrogen and oxygen atoms in total. The Labute approximate surface area is 155 Å². The lowest BCUT2D eigenvalue weighted by Gasteiger charge is -2.47. The van der Waals surface area contributed by atoms with Gasteiger partial charge < -0.3 is 14.6 Å². The van der Waals surface area contributed by atoms with Crippen molar-refractivity contribution < 1.29 is 14.1 Å². The van der Waals surface area contributed by atoms with Crippen LogP contribution in [0.1, 0.15) is 76.0 Å². The molecule has 1 amide bonds. The summed E-state index contributed by atoms with van der Waals surface area (Å²) in [6.45, 7) is 4.53. The van der Waals surface area contributed by atoms with Gasteiger partial charge in [0.2, 0.25) is 11.8 Å². The minimum atomic E-state index is -0.355. The minimum Gasteiger partial charge on any atom is -0.384 e. The number of piperidine rings is 1. The second-order valence-corrected chi connectivity index (χ2v) is 7.63.